The van der Waals surface area contributed by atoms with Gasteiger partial charge in [0.15, 0.2) is 0 Å². The minimum Gasteiger partial charge on any atom is -0.468 e. The first-order valence-corrected chi connectivity index (χ1v) is 8.23. The Bertz CT molecular complexity index is 1120. The van der Waals surface area contributed by atoms with Crippen molar-refractivity contribution in [1.82, 2.24) is 4.57 Å². The normalized spacial score (nSPS) is 13.1. The molecule has 3 nitrogen and oxygen atoms in total. The summed E-state index contributed by atoms with van der Waals surface area (Å²) in [4.78, 5) is 0. The highest BCUT2D eigenvalue weighted by molar-refractivity contribution is 5.93. The van der Waals surface area contributed by atoms with Gasteiger partial charge in [0.25, 0.3) is 0 Å². The quantitative estimate of drug-likeness (QED) is 0.298. The van der Waals surface area contributed by atoms with Crippen LogP contribution in [0.5, 0.6) is 11.5 Å². The molecule has 0 fully saturated rings. The summed E-state index contributed by atoms with van der Waals surface area (Å²) >= 11 is 0. The number of rotatable bonds is 0. The van der Waals surface area contributed by atoms with Gasteiger partial charge >= 0.3 is 0 Å². The molecule has 0 unspecified atom stereocenters. The number of benzene rings is 3. The Morgan fingerprint density at radius 3 is 2.62 bits per heavy atom. The van der Waals surface area contributed by atoms with Gasteiger partial charge in [-0.15, -0.1) is 0 Å². The van der Waals surface area contributed by atoms with Crippen molar-refractivity contribution in [2.75, 3.05) is 0 Å². The van der Waals surface area contributed by atoms with Crippen LogP contribution in [-0.4, -0.2) is 4.57 Å². The first-order chi connectivity index (χ1) is 11.5. The summed E-state index contributed by atoms with van der Waals surface area (Å²) in [5.41, 5.74) is 3.21. The predicted molar refractivity (Wildman–Crippen MR) is 94.9 cm³/mol. The second-order valence-electron chi connectivity index (χ2n) is 7.30. The average molecular weight is 314 g/mol. The number of para-hydroxylation sites is 1. The molecule has 4 aromatic rings. The van der Waals surface area contributed by atoms with E-state index in [2.05, 4.69) is 78.7 Å². The summed E-state index contributed by atoms with van der Waals surface area (Å²) in [5, 5.41) is 2.31. The van der Waals surface area contributed by atoms with E-state index in [4.69, 9.17) is 4.74 Å². The molecule has 0 bridgehead atoms. The van der Waals surface area contributed by atoms with Crippen LogP contribution in [0.2, 0.25) is 0 Å². The third-order valence-corrected chi connectivity index (χ3v) is 4.62. The summed E-state index contributed by atoms with van der Waals surface area (Å²) in [6, 6.07) is 18.8. The zero-order valence-electron chi connectivity index (χ0n) is 14.0. The van der Waals surface area contributed by atoms with E-state index in [1.807, 2.05) is 12.1 Å². The number of aromatic nitrogens is 2. The van der Waals surface area contributed by atoms with E-state index in [0.717, 1.165) is 33.6 Å². The highest BCUT2D eigenvalue weighted by atomic mass is 16.5. The molecule has 118 valence electrons. The lowest BCUT2D eigenvalue weighted by Crippen LogP contribution is -2.34. The molecule has 3 heteroatoms. The van der Waals surface area contributed by atoms with Crippen molar-refractivity contribution in [1.29, 1.82) is 0 Å². The Balaban J connectivity index is 1.93. The molecule has 3 aromatic carbocycles. The summed E-state index contributed by atoms with van der Waals surface area (Å²) in [6.45, 7) is 6.58. The molecule has 0 saturated carbocycles. The highest BCUT2D eigenvalue weighted by Crippen LogP contribution is 2.40. The van der Waals surface area contributed by atoms with E-state index in [0.29, 0.717) is 0 Å². The van der Waals surface area contributed by atoms with Crippen LogP contribution in [0, 0.1) is 6.33 Å². The number of nitrogens with zero attached hydrogens (tertiary/aromatic N) is 2. The van der Waals surface area contributed by atoms with Gasteiger partial charge in [0.05, 0.1) is 22.3 Å². The third kappa shape index (κ3) is 1.70. The topological polar surface area (TPSA) is 18.0 Å². The van der Waals surface area contributed by atoms with Crippen LogP contribution in [0.15, 0.2) is 54.6 Å². The summed E-state index contributed by atoms with van der Waals surface area (Å²) in [5.74, 6) is 1.79. The zero-order chi connectivity index (χ0) is 16.5. The minimum atomic E-state index is -0.0521. The Hall–Kier alpha value is -2.81. The van der Waals surface area contributed by atoms with Gasteiger partial charge in [0.2, 0.25) is 6.33 Å². The SMILES string of the molecule is CC(C)(C)n1[c-][n+]2c3c(cccc31)Oc1c-2ccc2ccccc12. The lowest BCUT2D eigenvalue weighted by Gasteiger charge is -2.22. The van der Waals surface area contributed by atoms with Gasteiger partial charge in [0, 0.05) is 5.39 Å². The molecule has 1 aliphatic rings. The van der Waals surface area contributed by atoms with E-state index in [1.54, 1.807) is 0 Å². The maximum atomic E-state index is 6.33. The molecule has 5 rings (SSSR count). The molecular weight excluding hydrogens is 296 g/mol. The molecule has 0 spiro atoms. The molecule has 2 heterocycles. The molecular formula is C21H18N2O. The van der Waals surface area contributed by atoms with Crippen LogP contribution in [0.3, 0.4) is 0 Å². The van der Waals surface area contributed by atoms with E-state index in [1.165, 1.54) is 5.39 Å². The van der Waals surface area contributed by atoms with Gasteiger partial charge in [-0.2, -0.15) is 0 Å². The highest BCUT2D eigenvalue weighted by Gasteiger charge is 2.27. The van der Waals surface area contributed by atoms with Crippen molar-refractivity contribution < 1.29 is 9.30 Å². The van der Waals surface area contributed by atoms with Crippen molar-refractivity contribution >= 4 is 21.8 Å². The van der Waals surface area contributed by atoms with Crippen molar-refractivity contribution in [2.24, 2.45) is 0 Å². The molecule has 0 atom stereocenters. The predicted octanol–water partition coefficient (Wildman–Crippen LogP) is 4.73. The fourth-order valence-corrected chi connectivity index (χ4v) is 3.51. The summed E-state index contributed by atoms with van der Waals surface area (Å²) in [7, 11) is 0. The van der Waals surface area contributed by atoms with Crippen LogP contribution in [-0.2, 0) is 5.54 Å². The van der Waals surface area contributed by atoms with E-state index < -0.39 is 0 Å². The van der Waals surface area contributed by atoms with Crippen LogP contribution in [0.25, 0.3) is 27.5 Å². The molecule has 24 heavy (non-hydrogen) atoms. The maximum absolute atomic E-state index is 6.33. The van der Waals surface area contributed by atoms with E-state index in [9.17, 15) is 0 Å². The number of ether oxygens (including phenoxy) is 1. The van der Waals surface area contributed by atoms with Gasteiger partial charge < -0.3 is 13.9 Å². The maximum Gasteiger partial charge on any atom is 0.244 e. The van der Waals surface area contributed by atoms with Crippen LogP contribution >= 0.6 is 0 Å². The second kappa shape index (κ2) is 4.38. The number of hydrogen-bond acceptors (Lipinski definition) is 1. The molecule has 0 aliphatic carbocycles. The smallest absolute Gasteiger partial charge is 0.244 e. The van der Waals surface area contributed by atoms with Gasteiger partial charge in [0.1, 0.15) is 11.5 Å². The lowest BCUT2D eigenvalue weighted by molar-refractivity contribution is -0.576. The van der Waals surface area contributed by atoms with Crippen molar-refractivity contribution in [3.8, 4) is 17.2 Å². The van der Waals surface area contributed by atoms with Crippen molar-refractivity contribution in [3.63, 3.8) is 0 Å². The van der Waals surface area contributed by atoms with E-state index in [-0.39, 0.29) is 5.54 Å². The first kappa shape index (κ1) is 13.6. The number of hydrogen-bond donors (Lipinski definition) is 0. The molecule has 0 saturated heterocycles. The Kier molecular flexibility index (Phi) is 2.49. The third-order valence-electron chi connectivity index (χ3n) is 4.62. The molecule has 0 radical (unpaired) electrons. The van der Waals surface area contributed by atoms with Gasteiger partial charge in [-0.05, 0) is 32.2 Å². The standard InChI is InChI=1S/C21H18N2O/c1-21(2,3)23-13-22-17-12-11-14-7-4-5-8-15(14)20(17)24-18-10-6-9-16(23)19(18)22/h4-12H,1-3H3. The van der Waals surface area contributed by atoms with Crippen LogP contribution < -0.4 is 9.30 Å². The van der Waals surface area contributed by atoms with Crippen LogP contribution in [0.1, 0.15) is 20.8 Å². The minimum absolute atomic E-state index is 0.0521. The molecule has 0 N–H and O–H groups in total. The Morgan fingerprint density at radius 1 is 0.958 bits per heavy atom. The molecule has 1 aliphatic heterocycles. The molecule has 1 aromatic heterocycles. The first-order valence-electron chi connectivity index (χ1n) is 8.23. The fraction of sp³-hybridized carbons (Fsp3) is 0.190. The average Bonchev–Trinajstić information content (AvgIpc) is 2.97. The van der Waals surface area contributed by atoms with Crippen LogP contribution in [0.4, 0.5) is 0 Å². The van der Waals surface area contributed by atoms with Crippen molar-refractivity contribution in [3.05, 3.63) is 60.9 Å². The van der Waals surface area contributed by atoms with Crippen molar-refractivity contribution in [2.45, 2.75) is 26.3 Å². The largest absolute Gasteiger partial charge is 0.468 e. The van der Waals surface area contributed by atoms with Gasteiger partial charge in [-0.3, -0.25) is 0 Å². The second-order valence-corrected chi connectivity index (χ2v) is 7.30. The number of fused-ring (bicyclic) bond motifs is 4. The Labute approximate surface area is 140 Å². The number of imidazole rings is 1. The fourth-order valence-electron chi connectivity index (χ4n) is 3.51. The van der Waals surface area contributed by atoms with Gasteiger partial charge in [-0.25, -0.2) is 0 Å². The Morgan fingerprint density at radius 2 is 1.79 bits per heavy atom. The summed E-state index contributed by atoms with van der Waals surface area (Å²) in [6.07, 6.45) is 3.55. The van der Waals surface area contributed by atoms with E-state index >= 15 is 0 Å². The monoisotopic (exact) mass is 314 g/mol. The zero-order valence-corrected chi connectivity index (χ0v) is 14.0. The molecule has 0 amide bonds. The van der Waals surface area contributed by atoms with Gasteiger partial charge in [-0.1, -0.05) is 48.5 Å². The lowest BCUT2D eigenvalue weighted by atomic mass is 10.1. The summed E-state index contributed by atoms with van der Waals surface area (Å²) < 4.78 is 10.7.